The molecule has 1 aromatic carbocycles. The van der Waals surface area contributed by atoms with Crippen LogP contribution < -0.4 is 10.2 Å². The summed E-state index contributed by atoms with van der Waals surface area (Å²) in [5.74, 6) is 0.0376. The third kappa shape index (κ3) is 4.00. The van der Waals surface area contributed by atoms with Crippen molar-refractivity contribution in [1.82, 2.24) is 5.01 Å². The highest BCUT2D eigenvalue weighted by molar-refractivity contribution is 7.12. The van der Waals surface area contributed by atoms with Crippen LogP contribution >= 0.6 is 22.7 Å². The summed E-state index contributed by atoms with van der Waals surface area (Å²) in [5.41, 5.74) is 2.57. The summed E-state index contributed by atoms with van der Waals surface area (Å²) in [4.78, 5) is 29.5. The molecular weight excluding hydrogens is 428 g/mol. The summed E-state index contributed by atoms with van der Waals surface area (Å²) in [6, 6.07) is 15.7. The molecule has 1 fully saturated rings. The zero-order chi connectivity index (χ0) is 21.2. The third-order valence-corrected chi connectivity index (χ3v) is 7.43. The molecule has 1 N–H and O–H groups in total. The molecule has 0 spiro atoms. The topological polar surface area (TPSA) is 65.0 Å². The van der Waals surface area contributed by atoms with Gasteiger partial charge in [0.25, 0.3) is 5.91 Å². The minimum absolute atomic E-state index is 0.0817. The van der Waals surface area contributed by atoms with Crippen LogP contribution in [0.3, 0.4) is 0 Å². The SMILES string of the molecule is O=C1CCCN1c1ccccc1NCC(=O)N1N=C(c2cccs2)C[C@H]1c1cccs1. The highest BCUT2D eigenvalue weighted by Gasteiger charge is 2.34. The van der Waals surface area contributed by atoms with Gasteiger partial charge in [0.15, 0.2) is 0 Å². The zero-order valence-electron chi connectivity index (χ0n) is 16.9. The van der Waals surface area contributed by atoms with Crippen LogP contribution in [0.4, 0.5) is 11.4 Å². The molecule has 2 aliphatic heterocycles. The quantitative estimate of drug-likeness (QED) is 0.591. The van der Waals surface area contributed by atoms with Crippen LogP contribution in [0, 0.1) is 0 Å². The average Bonchev–Trinajstić information content (AvgIpc) is 3.58. The Balaban J connectivity index is 1.35. The van der Waals surface area contributed by atoms with E-state index in [1.807, 2.05) is 53.2 Å². The Morgan fingerprint density at radius 1 is 1.10 bits per heavy atom. The number of thiophene rings is 2. The number of hydrogen-bond donors (Lipinski definition) is 1. The summed E-state index contributed by atoms with van der Waals surface area (Å²) in [6.07, 6.45) is 2.15. The van der Waals surface area contributed by atoms with Crippen molar-refractivity contribution >= 4 is 51.6 Å². The van der Waals surface area contributed by atoms with Gasteiger partial charge >= 0.3 is 0 Å². The highest BCUT2D eigenvalue weighted by Crippen LogP contribution is 2.36. The second-order valence-electron chi connectivity index (χ2n) is 7.52. The number of hydrazone groups is 1. The predicted molar refractivity (Wildman–Crippen MR) is 126 cm³/mol. The Hall–Kier alpha value is -2.97. The van der Waals surface area contributed by atoms with Crippen LogP contribution in [0.25, 0.3) is 0 Å². The minimum atomic E-state index is -0.0903. The van der Waals surface area contributed by atoms with Gasteiger partial charge in [-0.3, -0.25) is 9.59 Å². The maximum absolute atomic E-state index is 13.2. The molecule has 0 unspecified atom stereocenters. The molecule has 8 heteroatoms. The second-order valence-corrected chi connectivity index (χ2v) is 9.44. The van der Waals surface area contributed by atoms with Crippen molar-refractivity contribution < 1.29 is 9.59 Å². The fraction of sp³-hybridized carbons (Fsp3) is 0.261. The molecule has 4 heterocycles. The predicted octanol–water partition coefficient (Wildman–Crippen LogP) is 4.73. The second kappa shape index (κ2) is 8.64. The van der Waals surface area contributed by atoms with Gasteiger partial charge in [-0.05, 0) is 41.4 Å². The third-order valence-electron chi connectivity index (χ3n) is 5.54. The van der Waals surface area contributed by atoms with E-state index >= 15 is 0 Å². The lowest BCUT2D eigenvalue weighted by molar-refractivity contribution is -0.131. The van der Waals surface area contributed by atoms with Gasteiger partial charge in [-0.15, -0.1) is 22.7 Å². The summed E-state index contributed by atoms with van der Waals surface area (Å²) >= 11 is 3.29. The smallest absolute Gasteiger partial charge is 0.262 e. The number of carbonyl (C=O) groups is 2. The van der Waals surface area contributed by atoms with E-state index in [0.717, 1.165) is 33.3 Å². The molecule has 2 amide bonds. The van der Waals surface area contributed by atoms with E-state index in [1.54, 1.807) is 32.6 Å². The van der Waals surface area contributed by atoms with E-state index in [1.165, 1.54) is 0 Å². The van der Waals surface area contributed by atoms with Crippen molar-refractivity contribution in [2.24, 2.45) is 5.10 Å². The summed E-state index contributed by atoms with van der Waals surface area (Å²) < 4.78 is 0. The number of para-hydroxylation sites is 2. The first-order valence-electron chi connectivity index (χ1n) is 10.3. The Morgan fingerprint density at radius 2 is 1.94 bits per heavy atom. The van der Waals surface area contributed by atoms with E-state index in [2.05, 4.69) is 11.4 Å². The largest absolute Gasteiger partial charge is 0.374 e. The van der Waals surface area contributed by atoms with Gasteiger partial charge in [0.05, 0.1) is 34.6 Å². The molecule has 0 radical (unpaired) electrons. The monoisotopic (exact) mass is 450 g/mol. The highest BCUT2D eigenvalue weighted by atomic mass is 32.1. The van der Waals surface area contributed by atoms with Crippen LogP contribution in [-0.4, -0.2) is 35.6 Å². The molecule has 1 atom stereocenters. The molecule has 2 aliphatic rings. The molecule has 0 aliphatic carbocycles. The number of nitrogens with one attached hydrogen (secondary N) is 1. The van der Waals surface area contributed by atoms with Gasteiger partial charge in [-0.2, -0.15) is 5.10 Å². The van der Waals surface area contributed by atoms with Crippen molar-refractivity contribution in [3.63, 3.8) is 0 Å². The Kier molecular flexibility index (Phi) is 5.57. The van der Waals surface area contributed by atoms with Crippen molar-refractivity contribution in [3.8, 4) is 0 Å². The molecule has 2 aromatic heterocycles. The maximum Gasteiger partial charge on any atom is 0.262 e. The number of carbonyl (C=O) groups excluding carboxylic acids is 2. The lowest BCUT2D eigenvalue weighted by Gasteiger charge is -2.23. The van der Waals surface area contributed by atoms with Gasteiger partial charge in [0, 0.05) is 24.3 Å². The first kappa shape index (κ1) is 20.0. The van der Waals surface area contributed by atoms with E-state index < -0.39 is 0 Å². The first-order valence-corrected chi connectivity index (χ1v) is 12.1. The maximum atomic E-state index is 13.2. The Bertz CT molecular complexity index is 1110. The van der Waals surface area contributed by atoms with E-state index in [4.69, 9.17) is 5.10 Å². The van der Waals surface area contributed by atoms with Crippen LogP contribution in [0.1, 0.15) is 35.1 Å². The zero-order valence-corrected chi connectivity index (χ0v) is 18.5. The lowest BCUT2D eigenvalue weighted by atomic mass is 10.1. The molecule has 5 rings (SSSR count). The molecule has 1 saturated heterocycles. The first-order chi connectivity index (χ1) is 15.2. The number of hydrogen-bond acceptors (Lipinski definition) is 6. The van der Waals surface area contributed by atoms with E-state index in [0.29, 0.717) is 19.4 Å². The number of benzene rings is 1. The van der Waals surface area contributed by atoms with Gasteiger partial charge < -0.3 is 10.2 Å². The summed E-state index contributed by atoms with van der Waals surface area (Å²) in [6.45, 7) is 0.828. The lowest BCUT2D eigenvalue weighted by Crippen LogP contribution is -2.32. The Labute approximate surface area is 188 Å². The van der Waals surface area contributed by atoms with E-state index in [9.17, 15) is 9.59 Å². The number of rotatable bonds is 6. The van der Waals surface area contributed by atoms with Crippen molar-refractivity contribution in [1.29, 1.82) is 0 Å². The minimum Gasteiger partial charge on any atom is -0.374 e. The number of amides is 2. The van der Waals surface area contributed by atoms with Gasteiger partial charge in [0.1, 0.15) is 0 Å². The van der Waals surface area contributed by atoms with E-state index in [-0.39, 0.29) is 24.4 Å². The molecule has 0 bridgehead atoms. The van der Waals surface area contributed by atoms with Crippen LogP contribution in [-0.2, 0) is 9.59 Å². The fourth-order valence-electron chi connectivity index (χ4n) is 4.05. The van der Waals surface area contributed by atoms with Crippen molar-refractivity contribution in [3.05, 3.63) is 69.0 Å². The van der Waals surface area contributed by atoms with Crippen LogP contribution in [0.5, 0.6) is 0 Å². The van der Waals surface area contributed by atoms with Gasteiger partial charge in [-0.25, -0.2) is 5.01 Å². The molecule has 0 saturated carbocycles. The summed E-state index contributed by atoms with van der Waals surface area (Å²) in [5, 5.41) is 13.6. The standard InChI is InChI=1S/C23H22N4O2S2/c28-22-10-3-11-26(22)18-7-2-1-6-16(18)24-15-23(29)27-19(21-9-5-13-31-21)14-17(25-27)20-8-4-12-30-20/h1-2,4-9,12-13,19,24H,3,10-11,14-15H2/t19-/m0/s1. The van der Waals surface area contributed by atoms with Gasteiger partial charge in [-0.1, -0.05) is 24.3 Å². The van der Waals surface area contributed by atoms with Crippen molar-refractivity contribution in [2.45, 2.75) is 25.3 Å². The Morgan fingerprint density at radius 3 is 2.68 bits per heavy atom. The van der Waals surface area contributed by atoms with Crippen LogP contribution in [0.2, 0.25) is 0 Å². The summed E-state index contributed by atoms with van der Waals surface area (Å²) in [7, 11) is 0. The molecular formula is C23H22N4O2S2. The van der Waals surface area contributed by atoms with Gasteiger partial charge in [0.2, 0.25) is 5.91 Å². The molecule has 3 aromatic rings. The fourth-order valence-corrected chi connectivity index (χ4v) is 5.58. The molecule has 31 heavy (non-hydrogen) atoms. The molecule has 6 nitrogen and oxygen atoms in total. The normalized spacial score (nSPS) is 18.5. The average molecular weight is 451 g/mol. The van der Waals surface area contributed by atoms with Crippen LogP contribution in [0.15, 0.2) is 64.4 Å². The molecule has 158 valence electrons. The van der Waals surface area contributed by atoms with Crippen molar-refractivity contribution in [2.75, 3.05) is 23.3 Å². The number of anilines is 2. The number of nitrogens with zero attached hydrogens (tertiary/aromatic N) is 3.